The summed E-state index contributed by atoms with van der Waals surface area (Å²) in [5.74, 6) is 1.25. The molecular formula is C10H18O3. The average Bonchev–Trinajstić information content (AvgIpc) is 2.73. The average molecular weight is 186 g/mol. The molecule has 2 aliphatic carbocycles. The quantitative estimate of drug-likeness (QED) is 0.669. The van der Waals surface area contributed by atoms with Crippen LogP contribution >= 0.6 is 0 Å². The van der Waals surface area contributed by atoms with E-state index < -0.39 is 0 Å². The van der Waals surface area contributed by atoms with E-state index in [1.54, 1.807) is 14.2 Å². The molecule has 0 aromatic rings. The van der Waals surface area contributed by atoms with Gasteiger partial charge in [0, 0.05) is 33.2 Å². The standard InChI is InChI=1S/C10H18O3/c1-12-10(13-2)5-7-3-9(10)4-8(7)6-11/h7-9,11H,3-6H2,1-2H3. The zero-order chi connectivity index (χ0) is 9.47. The molecule has 3 atom stereocenters. The van der Waals surface area contributed by atoms with Crippen molar-refractivity contribution in [3.05, 3.63) is 0 Å². The van der Waals surface area contributed by atoms with Gasteiger partial charge >= 0.3 is 0 Å². The molecule has 2 saturated carbocycles. The van der Waals surface area contributed by atoms with Crippen molar-refractivity contribution in [3.8, 4) is 0 Å². The van der Waals surface area contributed by atoms with E-state index >= 15 is 0 Å². The monoisotopic (exact) mass is 186 g/mol. The van der Waals surface area contributed by atoms with Gasteiger partial charge < -0.3 is 14.6 Å². The largest absolute Gasteiger partial charge is 0.396 e. The predicted molar refractivity (Wildman–Crippen MR) is 48.2 cm³/mol. The zero-order valence-corrected chi connectivity index (χ0v) is 8.32. The Bertz CT molecular complexity index is 189. The van der Waals surface area contributed by atoms with Gasteiger partial charge in [-0.25, -0.2) is 0 Å². The van der Waals surface area contributed by atoms with Gasteiger partial charge in [0.15, 0.2) is 5.79 Å². The molecule has 0 amide bonds. The Kier molecular flexibility index (Phi) is 2.34. The van der Waals surface area contributed by atoms with Crippen molar-refractivity contribution in [2.45, 2.75) is 25.0 Å². The van der Waals surface area contributed by atoms with Gasteiger partial charge in [-0.2, -0.15) is 0 Å². The molecule has 0 aliphatic heterocycles. The van der Waals surface area contributed by atoms with Crippen molar-refractivity contribution in [3.63, 3.8) is 0 Å². The Morgan fingerprint density at radius 1 is 1.31 bits per heavy atom. The normalized spacial score (nSPS) is 41.3. The topological polar surface area (TPSA) is 38.7 Å². The summed E-state index contributed by atoms with van der Waals surface area (Å²) in [6, 6.07) is 0. The van der Waals surface area contributed by atoms with Gasteiger partial charge in [0.25, 0.3) is 0 Å². The Morgan fingerprint density at radius 2 is 2.00 bits per heavy atom. The van der Waals surface area contributed by atoms with Gasteiger partial charge in [-0.15, -0.1) is 0 Å². The lowest BCUT2D eigenvalue weighted by atomic mass is 9.85. The van der Waals surface area contributed by atoms with E-state index in [1.165, 1.54) is 0 Å². The molecule has 3 nitrogen and oxygen atoms in total. The van der Waals surface area contributed by atoms with Crippen LogP contribution in [0.15, 0.2) is 0 Å². The molecular weight excluding hydrogens is 168 g/mol. The number of hydrogen-bond donors (Lipinski definition) is 1. The van der Waals surface area contributed by atoms with Crippen LogP contribution in [-0.2, 0) is 9.47 Å². The molecule has 3 heteroatoms. The third-order valence-electron chi connectivity index (χ3n) is 3.94. The summed E-state index contributed by atoms with van der Waals surface area (Å²) >= 11 is 0. The van der Waals surface area contributed by atoms with E-state index in [4.69, 9.17) is 14.6 Å². The summed E-state index contributed by atoms with van der Waals surface area (Å²) in [6.45, 7) is 0.324. The molecule has 1 N–H and O–H groups in total. The fourth-order valence-electron chi connectivity index (χ4n) is 3.16. The van der Waals surface area contributed by atoms with Crippen molar-refractivity contribution in [2.24, 2.45) is 17.8 Å². The second kappa shape index (κ2) is 3.23. The zero-order valence-electron chi connectivity index (χ0n) is 8.32. The van der Waals surface area contributed by atoms with Gasteiger partial charge in [-0.05, 0) is 24.7 Å². The maximum absolute atomic E-state index is 9.12. The van der Waals surface area contributed by atoms with Crippen LogP contribution in [0.4, 0.5) is 0 Å². The number of fused-ring (bicyclic) bond motifs is 2. The maximum atomic E-state index is 9.12. The van der Waals surface area contributed by atoms with Crippen molar-refractivity contribution in [1.29, 1.82) is 0 Å². The fraction of sp³-hybridized carbons (Fsp3) is 1.00. The van der Waals surface area contributed by atoms with Crippen molar-refractivity contribution in [2.75, 3.05) is 20.8 Å². The summed E-state index contributed by atoms with van der Waals surface area (Å²) in [7, 11) is 3.44. The van der Waals surface area contributed by atoms with E-state index in [-0.39, 0.29) is 5.79 Å². The first kappa shape index (κ1) is 9.44. The molecule has 0 aromatic heterocycles. The van der Waals surface area contributed by atoms with Crippen LogP contribution in [0.2, 0.25) is 0 Å². The minimum Gasteiger partial charge on any atom is -0.396 e. The van der Waals surface area contributed by atoms with Gasteiger partial charge in [-0.3, -0.25) is 0 Å². The summed E-state index contributed by atoms with van der Waals surface area (Å²) in [4.78, 5) is 0. The summed E-state index contributed by atoms with van der Waals surface area (Å²) in [5.41, 5.74) is 0. The highest BCUT2D eigenvalue weighted by atomic mass is 16.7. The Hall–Kier alpha value is -0.120. The third kappa shape index (κ3) is 1.22. The number of aliphatic hydroxyl groups is 1. The highest BCUT2D eigenvalue weighted by molar-refractivity contribution is 5.00. The third-order valence-corrected chi connectivity index (χ3v) is 3.94. The van der Waals surface area contributed by atoms with Crippen molar-refractivity contribution in [1.82, 2.24) is 0 Å². The first-order valence-corrected chi connectivity index (χ1v) is 4.97. The number of ether oxygens (including phenoxy) is 2. The molecule has 13 heavy (non-hydrogen) atoms. The van der Waals surface area contributed by atoms with Gasteiger partial charge in [0.05, 0.1) is 0 Å². The highest BCUT2D eigenvalue weighted by Gasteiger charge is 2.55. The van der Waals surface area contributed by atoms with Crippen molar-refractivity contribution < 1.29 is 14.6 Å². The van der Waals surface area contributed by atoms with Crippen LogP contribution in [0.5, 0.6) is 0 Å². The molecule has 0 spiro atoms. The molecule has 0 radical (unpaired) electrons. The minimum absolute atomic E-state index is 0.324. The number of aliphatic hydroxyl groups excluding tert-OH is 1. The Labute approximate surface area is 79.0 Å². The molecule has 0 saturated heterocycles. The van der Waals surface area contributed by atoms with Crippen LogP contribution in [0.1, 0.15) is 19.3 Å². The lowest BCUT2D eigenvalue weighted by molar-refractivity contribution is -0.239. The molecule has 76 valence electrons. The lowest BCUT2D eigenvalue weighted by Gasteiger charge is -2.37. The maximum Gasteiger partial charge on any atom is 0.170 e. The first-order chi connectivity index (χ1) is 6.25. The predicted octanol–water partition coefficient (Wildman–Crippen LogP) is 1.01. The van der Waals surface area contributed by atoms with Gasteiger partial charge in [0.2, 0.25) is 0 Å². The molecule has 2 bridgehead atoms. The molecule has 0 aromatic carbocycles. The molecule has 0 heterocycles. The summed E-state index contributed by atoms with van der Waals surface area (Å²) in [5, 5.41) is 9.12. The van der Waals surface area contributed by atoms with Crippen LogP contribution in [0.25, 0.3) is 0 Å². The number of rotatable bonds is 3. The Balaban J connectivity index is 2.09. The van der Waals surface area contributed by atoms with E-state index in [9.17, 15) is 0 Å². The molecule has 2 rings (SSSR count). The molecule has 2 aliphatic rings. The molecule has 3 unspecified atom stereocenters. The van der Waals surface area contributed by atoms with Crippen LogP contribution in [0.3, 0.4) is 0 Å². The van der Waals surface area contributed by atoms with Crippen LogP contribution < -0.4 is 0 Å². The van der Waals surface area contributed by atoms with Gasteiger partial charge in [0.1, 0.15) is 0 Å². The fourth-order valence-corrected chi connectivity index (χ4v) is 3.16. The second-order valence-corrected chi connectivity index (χ2v) is 4.30. The van der Waals surface area contributed by atoms with E-state index in [0.29, 0.717) is 24.4 Å². The van der Waals surface area contributed by atoms with Crippen LogP contribution in [0, 0.1) is 17.8 Å². The Morgan fingerprint density at radius 3 is 2.38 bits per heavy atom. The minimum atomic E-state index is -0.337. The highest BCUT2D eigenvalue weighted by Crippen LogP contribution is 2.55. The SMILES string of the molecule is COC1(OC)CC2CC1CC2CO. The van der Waals surface area contributed by atoms with E-state index in [1.807, 2.05) is 0 Å². The summed E-state index contributed by atoms with van der Waals surface area (Å²) in [6.07, 6.45) is 3.17. The second-order valence-electron chi connectivity index (χ2n) is 4.30. The lowest BCUT2D eigenvalue weighted by Crippen LogP contribution is -2.41. The van der Waals surface area contributed by atoms with E-state index in [2.05, 4.69) is 0 Å². The van der Waals surface area contributed by atoms with Gasteiger partial charge in [-0.1, -0.05) is 0 Å². The smallest absolute Gasteiger partial charge is 0.170 e. The summed E-state index contributed by atoms with van der Waals surface area (Å²) < 4.78 is 10.9. The van der Waals surface area contributed by atoms with E-state index in [0.717, 1.165) is 19.3 Å². The van der Waals surface area contributed by atoms with Crippen LogP contribution in [-0.4, -0.2) is 31.7 Å². The number of methoxy groups -OCH3 is 2. The number of hydrogen-bond acceptors (Lipinski definition) is 3. The first-order valence-electron chi connectivity index (χ1n) is 4.97. The molecule has 2 fully saturated rings. The van der Waals surface area contributed by atoms with Crippen molar-refractivity contribution >= 4 is 0 Å².